The summed E-state index contributed by atoms with van der Waals surface area (Å²) in [5, 5.41) is 0. The van der Waals surface area contributed by atoms with Crippen LogP contribution >= 0.6 is 0 Å². The number of hydrogen-bond acceptors (Lipinski definition) is 1. The molecule has 3 nitrogen and oxygen atoms in total. The molecule has 0 spiro atoms. The summed E-state index contributed by atoms with van der Waals surface area (Å²) in [5.41, 5.74) is 0. The average molecular weight is 929 g/mol. The molecule has 358 valence electrons. The van der Waals surface area contributed by atoms with E-state index >= 15 is 0 Å². The fourth-order valence-electron chi connectivity index (χ4n) is 9.26. The van der Waals surface area contributed by atoms with E-state index in [0.717, 1.165) is 13.2 Å². The van der Waals surface area contributed by atoms with Crippen molar-refractivity contribution >= 4 is 0 Å². The summed E-state index contributed by atoms with van der Waals surface area (Å²) in [6, 6.07) is 6.33. The van der Waals surface area contributed by atoms with Crippen LogP contribution in [0.15, 0.2) is 30.6 Å². The third-order valence-corrected chi connectivity index (χ3v) is 13.6. The highest BCUT2D eigenvalue weighted by Gasteiger charge is 2.27. The van der Waals surface area contributed by atoms with Crippen molar-refractivity contribution in [3.8, 4) is 0 Å². The van der Waals surface area contributed by atoms with Gasteiger partial charge in [0.25, 0.3) is 0 Å². The van der Waals surface area contributed by atoms with Crippen LogP contribution < -0.4 is 34.0 Å². The van der Waals surface area contributed by atoms with Gasteiger partial charge in [0.15, 0.2) is 12.4 Å². The maximum absolute atomic E-state index is 5.56. The van der Waals surface area contributed by atoms with Crippen molar-refractivity contribution in [1.29, 1.82) is 0 Å². The number of pyridine rings is 1. The second-order valence-corrected chi connectivity index (χ2v) is 19.0. The number of ether oxygens (including phenoxy) is 1. The van der Waals surface area contributed by atoms with E-state index in [9.17, 15) is 0 Å². The van der Waals surface area contributed by atoms with Gasteiger partial charge in [0.1, 0.15) is 19.6 Å². The fraction of sp³-hybridized carbons (Fsp3) is 0.909. The van der Waals surface area contributed by atoms with Crippen LogP contribution in [0.4, 0.5) is 0 Å². The average Bonchev–Trinajstić information content (AvgIpc) is 3.26. The van der Waals surface area contributed by atoms with Crippen LogP contribution in [0, 0.1) is 0 Å². The molecule has 2 rings (SSSR count). The van der Waals surface area contributed by atoms with E-state index in [0.29, 0.717) is 0 Å². The van der Waals surface area contributed by atoms with Crippen LogP contribution in [0.5, 0.6) is 0 Å². The highest BCUT2D eigenvalue weighted by atomic mass is 79.9. The van der Waals surface area contributed by atoms with E-state index in [1.54, 1.807) is 0 Å². The van der Waals surface area contributed by atoms with Crippen LogP contribution in [0.3, 0.4) is 0 Å². The molecule has 5 heteroatoms. The number of quaternary nitrogens is 1. The second-order valence-electron chi connectivity index (χ2n) is 19.0. The zero-order valence-corrected chi connectivity index (χ0v) is 43.5. The number of morpholine rings is 1. The molecular formula is C55H108BrClN2O. The van der Waals surface area contributed by atoms with Gasteiger partial charge in [-0.1, -0.05) is 251 Å². The molecule has 1 aromatic rings. The first-order valence-electron chi connectivity index (χ1n) is 27.1. The second kappa shape index (κ2) is 51.5. The number of aromatic nitrogens is 1. The molecule has 0 unspecified atom stereocenters. The van der Waals surface area contributed by atoms with E-state index in [4.69, 9.17) is 4.74 Å². The number of likely N-dealkylation sites (N-methyl/N-ethyl adjacent to an activating group) is 1. The first-order chi connectivity index (χ1) is 28.8. The first kappa shape index (κ1) is 61.9. The molecule has 0 amide bonds. The Bertz CT molecular complexity index is 898. The van der Waals surface area contributed by atoms with Gasteiger partial charge in [0, 0.05) is 18.6 Å². The lowest BCUT2D eigenvalue weighted by Gasteiger charge is -2.40. The van der Waals surface area contributed by atoms with E-state index < -0.39 is 0 Å². The van der Waals surface area contributed by atoms with Gasteiger partial charge in [-0.15, -0.1) is 0 Å². The number of nitrogens with zero attached hydrogens (tertiary/aromatic N) is 2. The van der Waals surface area contributed by atoms with Crippen molar-refractivity contribution in [3.05, 3.63) is 30.6 Å². The summed E-state index contributed by atoms with van der Waals surface area (Å²) in [6.45, 7) is 15.3. The molecule has 1 aliphatic rings. The maximum Gasteiger partial charge on any atom is 0.168 e. The minimum Gasteiger partial charge on any atom is -1.00 e. The summed E-state index contributed by atoms with van der Waals surface area (Å²) in [7, 11) is 0. The molecule has 1 fully saturated rings. The molecule has 2 heterocycles. The Morgan fingerprint density at radius 1 is 0.367 bits per heavy atom. The lowest BCUT2D eigenvalue weighted by Crippen LogP contribution is -3.00. The van der Waals surface area contributed by atoms with Gasteiger partial charge < -0.3 is 38.6 Å². The maximum atomic E-state index is 5.56. The lowest BCUT2D eigenvalue weighted by atomic mass is 10.0. The summed E-state index contributed by atoms with van der Waals surface area (Å²) in [6.07, 6.45) is 62.7. The zero-order valence-electron chi connectivity index (χ0n) is 41.2. The monoisotopic (exact) mass is 927 g/mol. The summed E-state index contributed by atoms with van der Waals surface area (Å²) >= 11 is 0. The van der Waals surface area contributed by atoms with Gasteiger partial charge in [-0.3, -0.25) is 0 Å². The Morgan fingerprint density at radius 3 is 0.917 bits per heavy atom. The van der Waals surface area contributed by atoms with E-state index in [2.05, 4.69) is 55.9 Å². The standard InChI is InChI=1S/C28H58NO.C27H50N.BrH.ClH/c1-3-5-6-7-8-9-10-11-12-13-14-15-16-17-18-19-20-21-22-23-24-29(4-2)25-27-30-28-26-29;1-2-3-4-5-6-7-8-9-10-11-12-13-14-15-16-17-18-19-20-22-25-28-26-23-21-24-27-28;;/h3-28H2,1-2H3;21,23-24,26-27H,2-20,22,25H2,1H3;2*1H/q2*+1;;/p-2. The molecule has 0 N–H and O–H groups in total. The smallest absolute Gasteiger partial charge is 0.168 e. The molecule has 0 bridgehead atoms. The molecular weight excluding hydrogens is 820 g/mol. The molecule has 1 saturated heterocycles. The zero-order chi connectivity index (χ0) is 41.6. The number of rotatable bonds is 43. The highest BCUT2D eigenvalue weighted by molar-refractivity contribution is 4.83. The third kappa shape index (κ3) is 43.1. The Labute approximate surface area is 395 Å². The van der Waals surface area contributed by atoms with Crippen molar-refractivity contribution in [2.75, 3.05) is 39.4 Å². The van der Waals surface area contributed by atoms with Crippen molar-refractivity contribution in [2.24, 2.45) is 0 Å². The van der Waals surface area contributed by atoms with Gasteiger partial charge >= 0.3 is 0 Å². The Hall–Kier alpha value is -0.160. The van der Waals surface area contributed by atoms with Gasteiger partial charge in [-0.25, -0.2) is 4.57 Å². The minimum atomic E-state index is 0. The van der Waals surface area contributed by atoms with Crippen molar-refractivity contribution < 1.29 is 43.2 Å². The van der Waals surface area contributed by atoms with Crippen molar-refractivity contribution in [3.63, 3.8) is 0 Å². The number of aryl methyl sites for hydroxylation is 1. The van der Waals surface area contributed by atoms with Gasteiger partial charge in [-0.05, 0) is 26.2 Å². The van der Waals surface area contributed by atoms with Crippen LogP contribution in [0.1, 0.15) is 278 Å². The van der Waals surface area contributed by atoms with Gasteiger partial charge in [0.05, 0.1) is 26.3 Å². The molecule has 0 aliphatic carbocycles. The Kier molecular flexibility index (Phi) is 53.1. The van der Waals surface area contributed by atoms with Crippen LogP contribution in [0.2, 0.25) is 0 Å². The molecule has 0 atom stereocenters. The van der Waals surface area contributed by atoms with E-state index in [-0.39, 0.29) is 29.4 Å². The summed E-state index contributed by atoms with van der Waals surface area (Å²) in [4.78, 5) is 0. The Morgan fingerprint density at radius 2 is 0.633 bits per heavy atom. The molecule has 0 saturated carbocycles. The molecule has 1 aromatic heterocycles. The summed E-state index contributed by atoms with van der Waals surface area (Å²) in [5.74, 6) is 0. The number of halogens is 2. The molecule has 60 heavy (non-hydrogen) atoms. The predicted octanol–water partition coefficient (Wildman–Crippen LogP) is 11.5. The largest absolute Gasteiger partial charge is 1.00 e. The minimum absolute atomic E-state index is 0. The van der Waals surface area contributed by atoms with E-state index in [1.165, 1.54) is 294 Å². The van der Waals surface area contributed by atoms with Gasteiger partial charge in [0.2, 0.25) is 0 Å². The summed E-state index contributed by atoms with van der Waals surface area (Å²) < 4.78 is 9.18. The normalized spacial score (nSPS) is 13.3. The van der Waals surface area contributed by atoms with Crippen LogP contribution in [0.25, 0.3) is 0 Å². The SMILES string of the molecule is CCCCCCCCCCCCCCCCCCCCCC[N+]1(CC)CCOCC1.CCCCCCCCCCCCCCCCCCCCCC[n+]1ccccc1.[Br-].[Cl-]. The fourth-order valence-corrected chi connectivity index (χ4v) is 9.26. The quantitative estimate of drug-likeness (QED) is 0.0361. The van der Waals surface area contributed by atoms with Crippen molar-refractivity contribution in [2.45, 2.75) is 284 Å². The lowest BCUT2D eigenvalue weighted by molar-refractivity contribution is -0.933. The van der Waals surface area contributed by atoms with Gasteiger partial charge in [-0.2, -0.15) is 0 Å². The van der Waals surface area contributed by atoms with Crippen molar-refractivity contribution in [1.82, 2.24) is 0 Å². The topological polar surface area (TPSA) is 13.1 Å². The molecule has 0 aromatic carbocycles. The Balaban J connectivity index is 0. The number of unbranched alkanes of at least 4 members (excludes halogenated alkanes) is 38. The predicted molar refractivity (Wildman–Crippen MR) is 259 cm³/mol. The molecule has 1 aliphatic heterocycles. The van der Waals surface area contributed by atoms with E-state index in [1.807, 2.05) is 0 Å². The third-order valence-electron chi connectivity index (χ3n) is 13.6. The highest BCUT2D eigenvalue weighted by Crippen LogP contribution is 2.18. The number of hydrogen-bond donors (Lipinski definition) is 0. The van der Waals surface area contributed by atoms with Crippen LogP contribution in [-0.4, -0.2) is 43.9 Å². The molecule has 0 radical (unpaired) electrons. The van der Waals surface area contributed by atoms with Crippen LogP contribution in [-0.2, 0) is 11.3 Å². The first-order valence-corrected chi connectivity index (χ1v) is 27.1.